The van der Waals surface area contributed by atoms with Crippen LogP contribution < -0.4 is 32.7 Å². The summed E-state index contributed by atoms with van der Waals surface area (Å²) < 4.78 is 27.2. The molecule has 0 aromatic carbocycles. The Bertz CT molecular complexity index is 1720. The van der Waals surface area contributed by atoms with Gasteiger partial charge >= 0.3 is 5.97 Å². The lowest BCUT2D eigenvalue weighted by Gasteiger charge is -2.16. The smallest absolute Gasteiger partial charge is 0.303 e. The number of rotatable bonds is 55. The van der Waals surface area contributed by atoms with Crippen molar-refractivity contribution >= 4 is 47.1 Å². The number of aliphatic carboxylic acids is 1. The van der Waals surface area contributed by atoms with Crippen molar-refractivity contribution < 1.29 is 72.3 Å². The molecule has 1 heterocycles. The summed E-state index contributed by atoms with van der Waals surface area (Å²) in [7, 11) is 0. The van der Waals surface area contributed by atoms with Gasteiger partial charge in [0.25, 0.3) is 0 Å². The zero-order chi connectivity index (χ0) is 58.4. The number of unbranched alkanes of at least 4 members (excludes halogenated alkanes) is 15. The van der Waals surface area contributed by atoms with Crippen LogP contribution in [0.5, 0.6) is 0 Å². The van der Waals surface area contributed by atoms with Gasteiger partial charge in [0, 0.05) is 82.7 Å². The molecule has 1 aromatic heterocycles. The summed E-state index contributed by atoms with van der Waals surface area (Å²) in [6, 6.07) is -0.700. The van der Waals surface area contributed by atoms with Crippen LogP contribution in [0.15, 0.2) is 12.5 Å². The Labute approximate surface area is 470 Å². The number of Topliss-reactive ketones (excluding diaryl/α,β-unsaturated/α-hetero) is 2. The number of ether oxygens (including phenoxy) is 5. The molecule has 0 aliphatic carbocycles. The number of carboxylic acid groups (broad SMARTS) is 1. The Kier molecular flexibility index (Phi) is 50.4. The summed E-state index contributed by atoms with van der Waals surface area (Å²) >= 11 is 0. The highest BCUT2D eigenvalue weighted by molar-refractivity contribution is 5.89. The molecule has 0 radical (unpaired) electrons. The van der Waals surface area contributed by atoms with E-state index in [-0.39, 0.29) is 87.2 Å². The number of carbonyl (C=O) groups is 8. The lowest BCUT2D eigenvalue weighted by molar-refractivity contribution is -0.137. The number of nitrogens with zero attached hydrogens (tertiary/aromatic N) is 1. The maximum atomic E-state index is 12.5. The van der Waals surface area contributed by atoms with Crippen molar-refractivity contribution in [1.29, 1.82) is 0 Å². The Morgan fingerprint density at radius 1 is 0.557 bits per heavy atom. The van der Waals surface area contributed by atoms with Gasteiger partial charge in [-0.1, -0.05) is 90.4 Å². The van der Waals surface area contributed by atoms with E-state index in [9.17, 15) is 38.4 Å². The predicted molar refractivity (Wildman–Crippen MR) is 299 cm³/mol. The van der Waals surface area contributed by atoms with E-state index in [1.54, 1.807) is 6.20 Å². The molecule has 23 nitrogen and oxygen atoms in total. The topological polar surface area (TPSA) is 352 Å². The summed E-state index contributed by atoms with van der Waals surface area (Å²) in [5.74, 6) is -2.63. The highest BCUT2D eigenvalue weighted by Gasteiger charge is 2.23. The van der Waals surface area contributed by atoms with Gasteiger partial charge in [0.05, 0.1) is 71.1 Å². The van der Waals surface area contributed by atoms with Crippen molar-refractivity contribution in [3.8, 4) is 0 Å². The van der Waals surface area contributed by atoms with E-state index in [1.807, 2.05) is 6.92 Å². The molecule has 79 heavy (non-hydrogen) atoms. The fourth-order valence-electron chi connectivity index (χ4n) is 7.87. The van der Waals surface area contributed by atoms with E-state index in [0.29, 0.717) is 123 Å². The van der Waals surface area contributed by atoms with Crippen LogP contribution in [0.2, 0.25) is 0 Å². The van der Waals surface area contributed by atoms with Crippen LogP contribution in [-0.4, -0.2) is 172 Å². The number of primary amides is 1. The number of hydrogen-bond donors (Lipinski definition) is 9. The Hall–Kier alpha value is -4.91. The molecule has 0 aliphatic rings. The normalized spacial score (nSPS) is 12.2. The number of hydrogen-bond acceptors (Lipinski definition) is 16. The van der Waals surface area contributed by atoms with Gasteiger partial charge in [-0.15, -0.1) is 0 Å². The first-order valence-electron chi connectivity index (χ1n) is 29.0. The van der Waals surface area contributed by atoms with Crippen molar-refractivity contribution in [3.05, 3.63) is 18.2 Å². The highest BCUT2D eigenvalue weighted by atomic mass is 16.5. The number of aromatic amines is 1. The van der Waals surface area contributed by atoms with Crippen LogP contribution in [0.4, 0.5) is 0 Å². The van der Waals surface area contributed by atoms with Crippen LogP contribution >= 0.6 is 0 Å². The van der Waals surface area contributed by atoms with Gasteiger partial charge in [0.1, 0.15) is 19.0 Å². The van der Waals surface area contributed by atoms with Crippen LogP contribution in [0.3, 0.4) is 0 Å². The van der Waals surface area contributed by atoms with Crippen LogP contribution in [0.25, 0.3) is 0 Å². The summed E-state index contributed by atoms with van der Waals surface area (Å²) in [6.45, 7) is 7.14. The molecule has 0 unspecified atom stereocenters. The first kappa shape index (κ1) is 74.1. The summed E-state index contributed by atoms with van der Waals surface area (Å²) in [5.41, 5.74) is 11.6. The minimum Gasteiger partial charge on any atom is -0.481 e. The minimum atomic E-state index is -0.700. The second-order valence-electron chi connectivity index (χ2n) is 19.7. The fraction of sp³-hybridized carbons (Fsp3) is 0.804. The van der Waals surface area contributed by atoms with Gasteiger partial charge in [-0.2, -0.15) is 0 Å². The predicted octanol–water partition coefficient (Wildman–Crippen LogP) is 4.15. The summed E-state index contributed by atoms with van der Waals surface area (Å²) in [4.78, 5) is 100. The molecule has 0 spiro atoms. The van der Waals surface area contributed by atoms with E-state index in [4.69, 9.17) is 45.4 Å². The van der Waals surface area contributed by atoms with E-state index < -0.39 is 23.8 Å². The number of aliphatic hydroxyl groups is 1. The molecule has 0 fully saturated rings. The molecular formula is C56H102N8O15. The molecule has 23 heteroatoms. The molecule has 456 valence electrons. The molecule has 1 aromatic rings. The van der Waals surface area contributed by atoms with E-state index in [1.165, 1.54) is 64.6 Å². The molecule has 0 aliphatic heterocycles. The third-order valence-corrected chi connectivity index (χ3v) is 12.8. The monoisotopic (exact) mass is 1130 g/mol. The average Bonchev–Trinajstić information content (AvgIpc) is 3.93. The van der Waals surface area contributed by atoms with Gasteiger partial charge < -0.3 is 71.6 Å². The first-order valence-corrected chi connectivity index (χ1v) is 29.0. The Morgan fingerprint density at radius 3 is 1.43 bits per heavy atom. The van der Waals surface area contributed by atoms with Crippen molar-refractivity contribution in [2.24, 2.45) is 23.3 Å². The highest BCUT2D eigenvalue weighted by Crippen LogP contribution is 2.17. The fourth-order valence-corrected chi connectivity index (χ4v) is 7.87. The molecule has 0 bridgehead atoms. The van der Waals surface area contributed by atoms with Crippen molar-refractivity contribution in [2.75, 3.05) is 98.9 Å². The largest absolute Gasteiger partial charge is 0.481 e. The second kappa shape index (κ2) is 53.7. The number of nitrogens with two attached hydrogens (primary N) is 2. The maximum absolute atomic E-state index is 12.5. The number of aromatic nitrogens is 2. The van der Waals surface area contributed by atoms with Gasteiger partial charge in [0.2, 0.25) is 29.5 Å². The third-order valence-electron chi connectivity index (χ3n) is 12.8. The molecule has 3 atom stereocenters. The number of H-pyrrole nitrogens is 1. The number of imidazole rings is 1. The summed E-state index contributed by atoms with van der Waals surface area (Å²) in [6.07, 6.45) is 24.7. The third kappa shape index (κ3) is 49.8. The number of carbonyl (C=O) groups excluding carboxylic acids is 7. The first-order chi connectivity index (χ1) is 38.2. The van der Waals surface area contributed by atoms with Crippen molar-refractivity contribution in [1.82, 2.24) is 31.2 Å². The molecule has 5 amide bonds. The molecule has 0 saturated carbocycles. The molecule has 0 saturated heterocycles. The van der Waals surface area contributed by atoms with Crippen molar-refractivity contribution in [2.45, 2.75) is 180 Å². The molecule has 1 rings (SSSR count). The summed E-state index contributed by atoms with van der Waals surface area (Å²) in [5, 5.41) is 28.2. The van der Waals surface area contributed by atoms with Crippen LogP contribution in [0, 0.1) is 11.8 Å². The molecule has 11 N–H and O–H groups in total. The quantitative estimate of drug-likeness (QED) is 0.0414. The average molecular weight is 1130 g/mol. The SMILES string of the molecule is CC(=O)[C@H](CCCCNC(=O)COCCOCCNC(=O)CCCCOCCNC(=O)COCCOCCNC(=O)CCCCCCCCCCCCCCCCC(=O)O)CC(=O)[C@@H](N)Cc1cnc[nH]1.CC[C@@H](CO)C(N)=O. The van der Waals surface area contributed by atoms with Crippen LogP contribution in [0.1, 0.15) is 174 Å². The second-order valence-corrected chi connectivity index (χ2v) is 19.7. The lowest BCUT2D eigenvalue weighted by Crippen LogP contribution is -2.35. The van der Waals surface area contributed by atoms with E-state index in [2.05, 4.69) is 31.2 Å². The zero-order valence-electron chi connectivity index (χ0n) is 48.0. The van der Waals surface area contributed by atoms with Crippen LogP contribution in [-0.2, 0) is 68.5 Å². The standard InChI is InChI=1S/C51H91N7O13.C5H11NO2/c1-42(59)43(36-46(60)45(52)37-44-38-53-41-58-44)20-16-18-24-54-49(63)39-70-34-32-69-31-26-56-48(62)22-17-19-28-67-29-27-57-50(64)40-71-35-33-68-30-25-55-47(61)21-14-12-10-8-6-4-2-3-5-7-9-11-13-15-23-51(65)66;1-2-4(3-7)5(6)8/h38,41,43,45H,2-37,39-40,52H2,1H3,(H,53,58)(H,54,63)(H,55,61)(H,56,62)(H,57,64)(H,65,66);4,7H,2-3H2,1H3,(H2,6,8)/t43-,45+;4-/m10/s1. The Balaban J connectivity index is 0.00000700. The Morgan fingerprint density at radius 2 is 1.00 bits per heavy atom. The van der Waals surface area contributed by atoms with E-state index >= 15 is 0 Å². The van der Waals surface area contributed by atoms with Gasteiger partial charge in [-0.3, -0.25) is 38.4 Å². The number of nitrogens with one attached hydrogen (secondary N) is 5. The number of ketones is 2. The minimum absolute atomic E-state index is 0.0400. The maximum Gasteiger partial charge on any atom is 0.303 e. The number of aliphatic hydroxyl groups excluding tert-OH is 1. The van der Waals surface area contributed by atoms with Gasteiger partial charge in [0.15, 0.2) is 5.78 Å². The number of carboxylic acids is 1. The van der Waals surface area contributed by atoms with Gasteiger partial charge in [-0.25, -0.2) is 4.98 Å². The van der Waals surface area contributed by atoms with E-state index in [0.717, 1.165) is 44.2 Å². The number of amides is 5. The van der Waals surface area contributed by atoms with Gasteiger partial charge in [-0.05, 0) is 51.9 Å². The zero-order valence-corrected chi connectivity index (χ0v) is 48.0. The van der Waals surface area contributed by atoms with Crippen molar-refractivity contribution in [3.63, 3.8) is 0 Å². The molecular weight excluding hydrogens is 1020 g/mol. The lowest BCUT2D eigenvalue weighted by atomic mass is 9.90.